The Morgan fingerprint density at radius 3 is 3.00 bits per heavy atom. The summed E-state index contributed by atoms with van der Waals surface area (Å²) in [5, 5.41) is 11.6. The van der Waals surface area contributed by atoms with E-state index in [0.29, 0.717) is 11.7 Å². The van der Waals surface area contributed by atoms with E-state index in [2.05, 4.69) is 47.7 Å². The van der Waals surface area contributed by atoms with Crippen molar-refractivity contribution >= 4 is 10.9 Å². The molecular weight excluding hydrogens is 344 g/mol. The van der Waals surface area contributed by atoms with Crippen molar-refractivity contribution in [2.75, 3.05) is 19.6 Å². The Hall–Kier alpha value is -2.52. The highest BCUT2D eigenvalue weighted by Gasteiger charge is 2.47. The number of rotatable bonds is 3. The Bertz CT molecular complexity index is 1050. The van der Waals surface area contributed by atoms with Gasteiger partial charge >= 0.3 is 0 Å². The minimum Gasteiger partial charge on any atom is -0.508 e. The third-order valence-corrected chi connectivity index (χ3v) is 7.04. The maximum absolute atomic E-state index is 10.2. The molecule has 0 spiro atoms. The molecular formula is C25H28N2O. The fraction of sp³-hybridized carbons (Fsp3) is 0.360. The zero-order valence-electron chi connectivity index (χ0n) is 16.5. The number of nitrogens with zero attached hydrogens (tertiary/aromatic N) is 1. The van der Waals surface area contributed by atoms with Crippen LogP contribution < -0.4 is 0 Å². The van der Waals surface area contributed by atoms with E-state index in [9.17, 15) is 5.11 Å². The summed E-state index contributed by atoms with van der Waals surface area (Å²) in [6, 6.07) is 14.8. The number of phenols is 1. The van der Waals surface area contributed by atoms with Crippen molar-refractivity contribution in [2.24, 2.45) is 5.92 Å². The number of hydrogen-bond donors (Lipinski definition) is 2. The second kappa shape index (κ2) is 6.52. The fourth-order valence-corrected chi connectivity index (χ4v) is 5.65. The molecule has 1 aliphatic heterocycles. The van der Waals surface area contributed by atoms with Crippen LogP contribution in [0.4, 0.5) is 0 Å². The van der Waals surface area contributed by atoms with Gasteiger partial charge in [-0.15, -0.1) is 6.58 Å². The first-order valence-electron chi connectivity index (χ1n) is 10.3. The van der Waals surface area contributed by atoms with E-state index >= 15 is 0 Å². The number of hydrogen-bond acceptors (Lipinski definition) is 2. The minimum atomic E-state index is 0.0827. The normalized spacial score (nSPS) is 24.7. The largest absolute Gasteiger partial charge is 0.508 e. The van der Waals surface area contributed by atoms with E-state index in [0.717, 1.165) is 38.9 Å². The molecule has 0 saturated carbocycles. The Kier molecular flexibility index (Phi) is 4.09. The van der Waals surface area contributed by atoms with Gasteiger partial charge in [-0.25, -0.2) is 0 Å². The summed E-state index contributed by atoms with van der Waals surface area (Å²) >= 11 is 0. The highest BCUT2D eigenvalue weighted by Crippen LogP contribution is 2.49. The molecule has 144 valence electrons. The van der Waals surface area contributed by atoms with Gasteiger partial charge in [0, 0.05) is 35.1 Å². The first kappa shape index (κ1) is 17.6. The van der Waals surface area contributed by atoms with E-state index in [1.54, 1.807) is 6.07 Å². The summed E-state index contributed by atoms with van der Waals surface area (Å²) < 4.78 is 0. The third kappa shape index (κ3) is 2.68. The lowest BCUT2D eigenvalue weighted by molar-refractivity contribution is 0.0896. The smallest absolute Gasteiger partial charge is 0.115 e. The molecule has 2 aliphatic rings. The van der Waals surface area contributed by atoms with Crippen molar-refractivity contribution < 1.29 is 5.11 Å². The van der Waals surface area contributed by atoms with Crippen molar-refractivity contribution in [3.8, 4) is 5.75 Å². The van der Waals surface area contributed by atoms with E-state index in [1.165, 1.54) is 33.3 Å². The monoisotopic (exact) mass is 372 g/mol. The van der Waals surface area contributed by atoms with Crippen LogP contribution in [0.25, 0.3) is 10.9 Å². The summed E-state index contributed by atoms with van der Waals surface area (Å²) in [5.41, 5.74) is 6.81. The Labute approximate surface area is 166 Å². The molecule has 3 nitrogen and oxygen atoms in total. The molecule has 2 heterocycles. The van der Waals surface area contributed by atoms with E-state index < -0.39 is 0 Å². The summed E-state index contributed by atoms with van der Waals surface area (Å²) in [5.74, 6) is 0.910. The van der Waals surface area contributed by atoms with Gasteiger partial charge in [0.25, 0.3) is 0 Å². The number of aromatic hydroxyl groups is 1. The Morgan fingerprint density at radius 1 is 1.29 bits per heavy atom. The van der Waals surface area contributed by atoms with Gasteiger partial charge in [0.15, 0.2) is 0 Å². The lowest BCUT2D eigenvalue weighted by Gasteiger charge is -2.51. The van der Waals surface area contributed by atoms with Crippen molar-refractivity contribution in [1.29, 1.82) is 0 Å². The summed E-state index contributed by atoms with van der Waals surface area (Å²) in [7, 11) is 0. The van der Waals surface area contributed by atoms with E-state index in [1.807, 2.05) is 18.2 Å². The molecule has 2 unspecified atom stereocenters. The van der Waals surface area contributed by atoms with E-state index in [-0.39, 0.29) is 5.41 Å². The molecule has 0 amide bonds. The van der Waals surface area contributed by atoms with Gasteiger partial charge in [-0.05, 0) is 73.5 Å². The number of H-pyrrole nitrogens is 1. The average molecular weight is 373 g/mol. The van der Waals surface area contributed by atoms with Crippen molar-refractivity contribution in [3.05, 3.63) is 77.5 Å². The van der Waals surface area contributed by atoms with E-state index in [4.69, 9.17) is 0 Å². The summed E-state index contributed by atoms with van der Waals surface area (Å²) in [6.07, 6.45) is 5.24. The number of aromatic amines is 1. The summed E-state index contributed by atoms with van der Waals surface area (Å²) in [6.45, 7) is 9.21. The first-order chi connectivity index (χ1) is 13.6. The number of aryl methyl sites for hydroxylation is 1. The fourth-order valence-electron chi connectivity index (χ4n) is 5.65. The van der Waals surface area contributed by atoms with Gasteiger partial charge in [-0.3, -0.25) is 4.90 Å². The number of phenolic OH excluding ortho intramolecular Hbond substituents is 1. The number of aromatic nitrogens is 1. The van der Waals surface area contributed by atoms with Crippen LogP contribution in [0.2, 0.25) is 0 Å². The number of nitrogens with one attached hydrogen (secondary N) is 1. The number of piperidine rings is 1. The highest BCUT2D eigenvalue weighted by atomic mass is 16.3. The second-order valence-electron chi connectivity index (χ2n) is 8.71. The second-order valence-corrected chi connectivity index (χ2v) is 8.71. The number of fused-ring (bicyclic) bond motifs is 4. The lowest BCUT2D eigenvalue weighted by Crippen LogP contribution is -2.53. The van der Waals surface area contributed by atoms with Crippen LogP contribution in [0.1, 0.15) is 28.8 Å². The molecule has 1 aliphatic carbocycles. The highest BCUT2D eigenvalue weighted by molar-refractivity contribution is 5.85. The first-order valence-corrected chi connectivity index (χ1v) is 10.3. The van der Waals surface area contributed by atoms with Gasteiger partial charge < -0.3 is 10.1 Å². The van der Waals surface area contributed by atoms with Gasteiger partial charge in [-0.1, -0.05) is 30.3 Å². The predicted octanol–water partition coefficient (Wildman–Crippen LogP) is 4.73. The van der Waals surface area contributed by atoms with Crippen molar-refractivity contribution in [2.45, 2.75) is 31.6 Å². The zero-order valence-corrected chi connectivity index (χ0v) is 16.5. The average Bonchev–Trinajstić information content (AvgIpc) is 3.02. The lowest BCUT2D eigenvalue weighted by atomic mass is 9.58. The van der Waals surface area contributed by atoms with Crippen LogP contribution >= 0.6 is 0 Å². The van der Waals surface area contributed by atoms with Gasteiger partial charge in [-0.2, -0.15) is 0 Å². The molecule has 1 saturated heterocycles. The Balaban J connectivity index is 1.64. The van der Waals surface area contributed by atoms with Gasteiger partial charge in [0.2, 0.25) is 0 Å². The molecule has 5 rings (SSSR count). The topological polar surface area (TPSA) is 39.3 Å². The standard InChI is InChI=1S/C25H28N2O/c1-3-10-27-11-9-25(18-5-4-6-20(28)13-18)15-24-22(14-19(25)16-27)21-8-7-17(2)12-23(21)26-24/h3-8,12-13,19,26,28H,1,9-11,14-16H2,2H3. The van der Waals surface area contributed by atoms with Crippen molar-refractivity contribution in [1.82, 2.24) is 9.88 Å². The molecule has 2 atom stereocenters. The molecule has 28 heavy (non-hydrogen) atoms. The quantitative estimate of drug-likeness (QED) is 0.653. The molecule has 0 bridgehead atoms. The number of likely N-dealkylation sites (tertiary alicyclic amines) is 1. The molecule has 1 fully saturated rings. The van der Waals surface area contributed by atoms with Crippen LogP contribution in [0, 0.1) is 12.8 Å². The van der Waals surface area contributed by atoms with Crippen molar-refractivity contribution in [3.63, 3.8) is 0 Å². The van der Waals surface area contributed by atoms with Gasteiger partial charge in [0.05, 0.1) is 0 Å². The van der Waals surface area contributed by atoms with Crippen LogP contribution in [-0.2, 0) is 18.3 Å². The molecule has 2 aromatic carbocycles. The minimum absolute atomic E-state index is 0.0827. The van der Waals surface area contributed by atoms with Crippen LogP contribution in [0.15, 0.2) is 55.1 Å². The third-order valence-electron chi connectivity index (χ3n) is 7.04. The summed E-state index contributed by atoms with van der Waals surface area (Å²) in [4.78, 5) is 6.27. The molecule has 3 aromatic rings. The predicted molar refractivity (Wildman–Crippen MR) is 115 cm³/mol. The Morgan fingerprint density at radius 2 is 2.18 bits per heavy atom. The molecule has 1 aromatic heterocycles. The maximum atomic E-state index is 10.2. The maximum Gasteiger partial charge on any atom is 0.115 e. The SMILES string of the molecule is C=CCN1CCC2(c3cccc(O)c3)Cc3[nH]c4cc(C)ccc4c3CC2C1. The number of benzene rings is 2. The van der Waals surface area contributed by atoms with Crippen LogP contribution in [-0.4, -0.2) is 34.6 Å². The zero-order chi connectivity index (χ0) is 19.3. The molecule has 0 radical (unpaired) electrons. The van der Waals surface area contributed by atoms with Crippen LogP contribution in [0.3, 0.4) is 0 Å². The molecule has 2 N–H and O–H groups in total. The van der Waals surface area contributed by atoms with Gasteiger partial charge in [0.1, 0.15) is 5.75 Å². The molecule has 3 heteroatoms. The van der Waals surface area contributed by atoms with Crippen LogP contribution in [0.5, 0.6) is 5.75 Å².